The average Bonchev–Trinajstić information content (AvgIpc) is 2.66. The first kappa shape index (κ1) is 18.0. The van der Waals surface area contributed by atoms with Crippen LogP contribution in [-0.2, 0) is 0 Å². The zero-order chi connectivity index (χ0) is 14.8. The Kier molecular flexibility index (Phi) is 8.84. The van der Waals surface area contributed by atoms with Crippen molar-refractivity contribution in [3.8, 4) is 0 Å². The van der Waals surface area contributed by atoms with Gasteiger partial charge in [0, 0.05) is 11.8 Å². The molecule has 0 amide bonds. The van der Waals surface area contributed by atoms with Gasteiger partial charge in [-0.1, -0.05) is 72.1 Å². The summed E-state index contributed by atoms with van der Waals surface area (Å²) in [5, 5.41) is 0. The molecular weight excluding hydrogens is 242 g/mol. The van der Waals surface area contributed by atoms with E-state index in [-0.39, 0.29) is 0 Å². The second-order valence-corrected chi connectivity index (χ2v) is 7.84. The number of nitrogens with zero attached hydrogens (tertiary/aromatic N) is 1. The van der Waals surface area contributed by atoms with E-state index in [4.69, 9.17) is 0 Å². The molecule has 2 atom stereocenters. The summed E-state index contributed by atoms with van der Waals surface area (Å²) in [6.45, 7) is 11.4. The fourth-order valence-electron chi connectivity index (χ4n) is 3.99. The fourth-order valence-corrected chi connectivity index (χ4v) is 3.99. The SMILES string of the molecule is CCCCCCCCCCCC[N+]1(C)CC(C)C(C)C1. The summed E-state index contributed by atoms with van der Waals surface area (Å²) in [7, 11) is 2.48. The van der Waals surface area contributed by atoms with Crippen LogP contribution in [0.1, 0.15) is 85.0 Å². The van der Waals surface area contributed by atoms with Crippen molar-refractivity contribution in [1.29, 1.82) is 0 Å². The number of hydrogen-bond donors (Lipinski definition) is 0. The molecule has 0 bridgehead atoms. The molecule has 1 nitrogen and oxygen atoms in total. The largest absolute Gasteiger partial charge is 0.326 e. The van der Waals surface area contributed by atoms with E-state index in [2.05, 4.69) is 27.8 Å². The third kappa shape index (κ3) is 7.11. The van der Waals surface area contributed by atoms with E-state index in [1.807, 2.05) is 0 Å². The van der Waals surface area contributed by atoms with Crippen LogP contribution < -0.4 is 0 Å². The van der Waals surface area contributed by atoms with Gasteiger partial charge in [-0.25, -0.2) is 0 Å². The molecule has 1 rings (SSSR count). The molecule has 1 fully saturated rings. The van der Waals surface area contributed by atoms with Crippen LogP contribution in [0.15, 0.2) is 0 Å². The molecule has 0 aliphatic carbocycles. The summed E-state index contributed by atoms with van der Waals surface area (Å²) in [6, 6.07) is 0. The van der Waals surface area contributed by atoms with Crippen LogP contribution in [0.5, 0.6) is 0 Å². The van der Waals surface area contributed by atoms with Gasteiger partial charge in [0.2, 0.25) is 0 Å². The van der Waals surface area contributed by atoms with Crippen LogP contribution >= 0.6 is 0 Å². The smallest absolute Gasteiger partial charge is 0.0815 e. The quantitative estimate of drug-likeness (QED) is 0.340. The average molecular weight is 283 g/mol. The molecule has 1 heteroatoms. The Morgan fingerprint density at radius 1 is 0.700 bits per heavy atom. The molecular formula is C19H40N+. The highest BCUT2D eigenvalue weighted by molar-refractivity contribution is 4.68. The molecule has 0 aromatic carbocycles. The van der Waals surface area contributed by atoms with Gasteiger partial charge in [-0.3, -0.25) is 0 Å². The molecule has 0 N–H and O–H groups in total. The first-order valence-corrected chi connectivity index (χ1v) is 9.41. The maximum atomic E-state index is 2.48. The lowest BCUT2D eigenvalue weighted by Gasteiger charge is -2.29. The summed E-state index contributed by atoms with van der Waals surface area (Å²) in [5.74, 6) is 1.87. The molecule has 2 unspecified atom stereocenters. The Morgan fingerprint density at radius 3 is 1.55 bits per heavy atom. The van der Waals surface area contributed by atoms with Crippen LogP contribution in [-0.4, -0.2) is 31.2 Å². The second kappa shape index (κ2) is 9.82. The van der Waals surface area contributed by atoms with E-state index in [1.165, 1.54) is 88.3 Å². The first-order chi connectivity index (χ1) is 9.57. The lowest BCUT2D eigenvalue weighted by molar-refractivity contribution is -0.900. The highest BCUT2D eigenvalue weighted by atomic mass is 15.3. The van der Waals surface area contributed by atoms with Crippen LogP contribution in [0.2, 0.25) is 0 Å². The van der Waals surface area contributed by atoms with Gasteiger partial charge in [-0.2, -0.15) is 0 Å². The summed E-state index contributed by atoms with van der Waals surface area (Å²) in [5.41, 5.74) is 0. The summed E-state index contributed by atoms with van der Waals surface area (Å²) in [4.78, 5) is 0. The normalized spacial score (nSPS) is 30.0. The van der Waals surface area contributed by atoms with Crippen molar-refractivity contribution in [2.24, 2.45) is 11.8 Å². The third-order valence-corrected chi connectivity index (χ3v) is 5.48. The van der Waals surface area contributed by atoms with Crippen molar-refractivity contribution in [1.82, 2.24) is 0 Å². The molecule has 120 valence electrons. The number of quaternary nitrogens is 1. The van der Waals surface area contributed by atoms with Crippen LogP contribution in [0.25, 0.3) is 0 Å². The van der Waals surface area contributed by atoms with Gasteiger partial charge in [0.15, 0.2) is 0 Å². The zero-order valence-corrected chi connectivity index (χ0v) is 14.8. The molecule has 0 aromatic rings. The summed E-state index contributed by atoms with van der Waals surface area (Å²) < 4.78 is 1.35. The van der Waals surface area contributed by atoms with Gasteiger partial charge in [-0.05, 0) is 12.8 Å². The molecule has 1 heterocycles. The minimum absolute atomic E-state index is 0.933. The Labute approximate surface area is 128 Å². The van der Waals surface area contributed by atoms with Crippen molar-refractivity contribution < 1.29 is 4.48 Å². The van der Waals surface area contributed by atoms with Gasteiger partial charge in [0.05, 0.1) is 26.7 Å². The van der Waals surface area contributed by atoms with Crippen LogP contribution in [0.3, 0.4) is 0 Å². The van der Waals surface area contributed by atoms with Crippen molar-refractivity contribution in [3.63, 3.8) is 0 Å². The Hall–Kier alpha value is -0.0400. The maximum absolute atomic E-state index is 2.48. The van der Waals surface area contributed by atoms with Gasteiger partial charge in [0.1, 0.15) is 0 Å². The van der Waals surface area contributed by atoms with E-state index >= 15 is 0 Å². The third-order valence-electron chi connectivity index (χ3n) is 5.48. The van der Waals surface area contributed by atoms with E-state index in [0.29, 0.717) is 0 Å². The molecule has 1 saturated heterocycles. The van der Waals surface area contributed by atoms with E-state index in [9.17, 15) is 0 Å². The Balaban J connectivity index is 1.90. The molecule has 20 heavy (non-hydrogen) atoms. The highest BCUT2D eigenvalue weighted by Crippen LogP contribution is 2.28. The van der Waals surface area contributed by atoms with Crippen molar-refractivity contribution in [2.75, 3.05) is 26.7 Å². The summed E-state index contributed by atoms with van der Waals surface area (Å²) >= 11 is 0. The standard InChI is InChI=1S/C19H40N/c1-5-6-7-8-9-10-11-12-13-14-15-20(4)16-18(2)19(3)17-20/h18-19H,5-17H2,1-4H3/q+1. The maximum Gasteiger partial charge on any atom is 0.0815 e. The summed E-state index contributed by atoms with van der Waals surface area (Å²) in [6.07, 6.45) is 14.6. The predicted octanol–water partition coefficient (Wildman–Crippen LogP) is 5.64. The number of likely N-dealkylation sites (tertiary alicyclic amines) is 1. The van der Waals surface area contributed by atoms with Crippen molar-refractivity contribution >= 4 is 0 Å². The number of rotatable bonds is 11. The second-order valence-electron chi connectivity index (χ2n) is 7.84. The molecule has 1 aliphatic rings. The fraction of sp³-hybridized carbons (Fsp3) is 1.00. The van der Waals surface area contributed by atoms with Crippen molar-refractivity contribution in [3.05, 3.63) is 0 Å². The number of unbranched alkanes of at least 4 members (excludes halogenated alkanes) is 9. The molecule has 1 aliphatic heterocycles. The van der Waals surface area contributed by atoms with Crippen molar-refractivity contribution in [2.45, 2.75) is 85.0 Å². The van der Waals surface area contributed by atoms with Gasteiger partial charge < -0.3 is 4.48 Å². The lowest BCUT2D eigenvalue weighted by atomic mass is 10.0. The predicted molar refractivity (Wildman–Crippen MR) is 91.0 cm³/mol. The molecule has 0 radical (unpaired) electrons. The minimum Gasteiger partial charge on any atom is -0.326 e. The molecule has 0 aromatic heterocycles. The monoisotopic (exact) mass is 282 g/mol. The Morgan fingerprint density at radius 2 is 1.10 bits per heavy atom. The Bertz CT molecular complexity index is 226. The van der Waals surface area contributed by atoms with Gasteiger partial charge in [-0.15, -0.1) is 0 Å². The minimum atomic E-state index is 0.933. The zero-order valence-electron chi connectivity index (χ0n) is 14.8. The number of hydrogen-bond acceptors (Lipinski definition) is 0. The highest BCUT2D eigenvalue weighted by Gasteiger charge is 2.36. The van der Waals surface area contributed by atoms with Gasteiger partial charge in [0.25, 0.3) is 0 Å². The van der Waals surface area contributed by atoms with Crippen LogP contribution in [0.4, 0.5) is 0 Å². The first-order valence-electron chi connectivity index (χ1n) is 9.41. The van der Waals surface area contributed by atoms with E-state index in [1.54, 1.807) is 0 Å². The molecule has 0 spiro atoms. The lowest BCUT2D eigenvalue weighted by Crippen LogP contribution is -2.42. The van der Waals surface area contributed by atoms with E-state index < -0.39 is 0 Å². The molecule has 0 saturated carbocycles. The van der Waals surface area contributed by atoms with Crippen LogP contribution in [0, 0.1) is 11.8 Å². The topological polar surface area (TPSA) is 0 Å². The van der Waals surface area contributed by atoms with Gasteiger partial charge >= 0.3 is 0 Å². The van der Waals surface area contributed by atoms with E-state index in [0.717, 1.165) is 11.8 Å².